The molecule has 0 saturated carbocycles. The van der Waals surface area contributed by atoms with E-state index in [0.717, 1.165) is 55.5 Å². The molecule has 1 saturated heterocycles. The van der Waals surface area contributed by atoms with Crippen LogP contribution >= 0.6 is 11.6 Å². The number of benzene rings is 4. The highest BCUT2D eigenvalue weighted by Crippen LogP contribution is 2.42. The van der Waals surface area contributed by atoms with Crippen molar-refractivity contribution in [3.63, 3.8) is 0 Å². The molecule has 2 N–H and O–H groups in total. The number of nitrogens with zero attached hydrogens (tertiary/aromatic N) is 6. The molecule has 8 rings (SSSR count). The number of aryl methyl sites for hydroxylation is 4. The predicted molar refractivity (Wildman–Crippen MR) is 269 cm³/mol. The van der Waals surface area contributed by atoms with Gasteiger partial charge in [0.15, 0.2) is 0 Å². The van der Waals surface area contributed by atoms with Gasteiger partial charge in [-0.1, -0.05) is 87.8 Å². The number of para-hydroxylation sites is 1. The van der Waals surface area contributed by atoms with Crippen molar-refractivity contribution in [2.75, 3.05) is 39.3 Å². The molecule has 0 spiro atoms. The summed E-state index contributed by atoms with van der Waals surface area (Å²) in [5, 5.41) is 18.0. The molecule has 1 amide bonds. The fourth-order valence-corrected chi connectivity index (χ4v) is 9.12. The van der Waals surface area contributed by atoms with Crippen LogP contribution in [0, 0.1) is 13.8 Å². The van der Waals surface area contributed by atoms with E-state index in [1.807, 2.05) is 115 Å². The van der Waals surface area contributed by atoms with Gasteiger partial charge in [0.1, 0.15) is 28.4 Å². The normalized spacial score (nSPS) is 13.0. The standard InChI is InChI=1S/C49H54ClN7O6.2C2H6/c1-30-42(31(2)54(6)53-30)43-37(50)20-19-35-34(16-11-29-62-39-18-9-13-32-12-7-8-14-33(32)39)46(48(61)63-49(3,4)5)57(45(35)43)28-25-55-23-26-56(27-24-55)41(58)22-21-40-51-38-17-10-15-36(47(59)60)44(38)52-40;2*1-2/h7-10,12-15,17-20H,11,16,21-29H2,1-6H3,(H,51,52)(H,59,60);2*1-2H3. The smallest absolute Gasteiger partial charge is 0.355 e. The first-order valence-electron chi connectivity index (χ1n) is 23.6. The lowest BCUT2D eigenvalue weighted by molar-refractivity contribution is -0.132. The molecule has 0 aliphatic carbocycles. The molecule has 13 nitrogen and oxygen atoms in total. The molecule has 4 heterocycles. The first-order valence-corrected chi connectivity index (χ1v) is 24.0. The Hall–Kier alpha value is -6.18. The number of ether oxygens (including phenoxy) is 2. The van der Waals surface area contributed by atoms with Crippen LogP contribution in [0.4, 0.5) is 0 Å². The summed E-state index contributed by atoms with van der Waals surface area (Å²) in [7, 11) is 1.92. The van der Waals surface area contributed by atoms with Gasteiger partial charge in [0, 0.05) is 86.8 Å². The number of H-pyrrole nitrogens is 1. The number of amides is 1. The molecule has 1 aliphatic rings. The Bertz CT molecular complexity index is 2860. The number of aromatic carboxylic acids is 1. The lowest BCUT2D eigenvalue weighted by Crippen LogP contribution is -2.49. The second-order valence-electron chi connectivity index (χ2n) is 17.3. The fraction of sp³-hybridized carbons (Fsp3) is 0.415. The Morgan fingerprint density at radius 3 is 2.22 bits per heavy atom. The van der Waals surface area contributed by atoms with E-state index in [-0.39, 0.29) is 17.9 Å². The zero-order chi connectivity index (χ0) is 48.6. The summed E-state index contributed by atoms with van der Waals surface area (Å²) in [5.41, 5.74) is 6.24. The molecule has 3 aromatic heterocycles. The highest BCUT2D eigenvalue weighted by molar-refractivity contribution is 6.35. The number of hydrogen-bond acceptors (Lipinski definition) is 8. The van der Waals surface area contributed by atoms with Crippen molar-refractivity contribution in [1.29, 1.82) is 0 Å². The molecular weight excluding hydrogens is 866 g/mol. The number of fused-ring (bicyclic) bond motifs is 3. The van der Waals surface area contributed by atoms with E-state index in [1.165, 1.54) is 6.07 Å². The first-order chi connectivity index (χ1) is 32.2. The monoisotopic (exact) mass is 931 g/mol. The quantitative estimate of drug-likeness (QED) is 0.0803. The SMILES string of the molecule is CC.CC.Cc1nn(C)c(C)c1-c1c(Cl)ccc2c(CCCOc3cccc4ccccc34)c(C(=O)OC(C)(C)C)n(CCN3CCN(C(=O)CCc4nc5c(C(=O)O)cccc5[nH]4)CC3)c12. The number of halogens is 1. The van der Waals surface area contributed by atoms with Gasteiger partial charge in [0.05, 0.1) is 33.9 Å². The molecule has 1 aliphatic heterocycles. The van der Waals surface area contributed by atoms with Crippen molar-refractivity contribution in [3.05, 3.63) is 112 Å². The number of aromatic amines is 1. The van der Waals surface area contributed by atoms with Crippen LogP contribution in [0.2, 0.25) is 5.02 Å². The zero-order valence-electron chi connectivity index (χ0n) is 40.8. The van der Waals surface area contributed by atoms with Crippen molar-refractivity contribution in [2.45, 2.75) is 100 Å². The van der Waals surface area contributed by atoms with Crippen LogP contribution in [0.3, 0.4) is 0 Å². The molecule has 4 aromatic carbocycles. The van der Waals surface area contributed by atoms with E-state index >= 15 is 0 Å². The highest BCUT2D eigenvalue weighted by atomic mass is 35.5. The number of carbonyl (C=O) groups excluding carboxylic acids is 2. The van der Waals surface area contributed by atoms with E-state index in [0.29, 0.717) is 92.7 Å². The number of carbonyl (C=O) groups is 3. The molecule has 0 unspecified atom stereocenters. The van der Waals surface area contributed by atoms with Gasteiger partial charge in [-0.3, -0.25) is 14.4 Å². The second kappa shape index (κ2) is 22.1. The number of piperazine rings is 1. The maximum atomic E-state index is 14.6. The van der Waals surface area contributed by atoms with Crippen LogP contribution in [-0.4, -0.2) is 102 Å². The van der Waals surface area contributed by atoms with Crippen LogP contribution in [-0.2, 0) is 36.0 Å². The minimum absolute atomic E-state index is 0.0211. The molecule has 0 bridgehead atoms. The summed E-state index contributed by atoms with van der Waals surface area (Å²) in [6.45, 7) is 21.6. The Kier molecular flexibility index (Phi) is 16.6. The fourth-order valence-electron chi connectivity index (χ4n) is 8.87. The predicted octanol–water partition coefficient (Wildman–Crippen LogP) is 10.8. The molecule has 356 valence electrons. The highest BCUT2D eigenvalue weighted by Gasteiger charge is 2.31. The molecule has 1 fully saturated rings. The minimum atomic E-state index is -1.04. The Labute approximate surface area is 399 Å². The van der Waals surface area contributed by atoms with Crippen LogP contribution in [0.5, 0.6) is 5.75 Å². The molecular formula is C53H66ClN7O6. The van der Waals surface area contributed by atoms with Gasteiger partial charge in [0.25, 0.3) is 0 Å². The van der Waals surface area contributed by atoms with Crippen LogP contribution < -0.4 is 4.74 Å². The Morgan fingerprint density at radius 2 is 1.54 bits per heavy atom. The average Bonchev–Trinajstić information content (AvgIpc) is 3.96. The van der Waals surface area contributed by atoms with E-state index in [2.05, 4.69) is 37.6 Å². The van der Waals surface area contributed by atoms with E-state index in [1.54, 1.807) is 12.1 Å². The number of nitrogens with one attached hydrogen (secondary N) is 1. The van der Waals surface area contributed by atoms with Gasteiger partial charge in [-0.05, 0) is 82.7 Å². The van der Waals surface area contributed by atoms with Crippen LogP contribution in [0.1, 0.15) is 105 Å². The van der Waals surface area contributed by atoms with Gasteiger partial charge < -0.3 is 29.0 Å². The molecule has 14 heteroatoms. The average molecular weight is 933 g/mol. The molecule has 7 aromatic rings. The summed E-state index contributed by atoms with van der Waals surface area (Å²) < 4.78 is 16.5. The number of imidazole rings is 1. The van der Waals surface area contributed by atoms with Gasteiger partial charge in [-0.15, -0.1) is 0 Å². The number of aromatic nitrogens is 5. The number of rotatable bonds is 14. The third kappa shape index (κ3) is 11.2. The number of hydrogen-bond donors (Lipinski definition) is 2. The summed E-state index contributed by atoms with van der Waals surface area (Å²) in [5.74, 6) is -0.0142. The van der Waals surface area contributed by atoms with Crippen molar-refractivity contribution in [1.82, 2.24) is 34.1 Å². The van der Waals surface area contributed by atoms with Crippen LogP contribution in [0.15, 0.2) is 72.8 Å². The van der Waals surface area contributed by atoms with Crippen molar-refractivity contribution in [2.24, 2.45) is 7.05 Å². The van der Waals surface area contributed by atoms with Gasteiger partial charge in [-0.25, -0.2) is 14.6 Å². The van der Waals surface area contributed by atoms with Gasteiger partial charge in [-0.2, -0.15) is 5.10 Å². The van der Waals surface area contributed by atoms with Crippen molar-refractivity contribution in [3.8, 4) is 16.9 Å². The van der Waals surface area contributed by atoms with E-state index < -0.39 is 17.5 Å². The van der Waals surface area contributed by atoms with E-state index in [4.69, 9.17) is 26.2 Å². The summed E-state index contributed by atoms with van der Waals surface area (Å²) in [4.78, 5) is 51.5. The Balaban J connectivity index is 0.00000180. The van der Waals surface area contributed by atoms with Crippen molar-refractivity contribution < 1.29 is 29.0 Å². The number of esters is 1. The molecule has 0 radical (unpaired) electrons. The second-order valence-corrected chi connectivity index (χ2v) is 17.7. The van der Waals surface area contributed by atoms with Gasteiger partial charge in [0.2, 0.25) is 5.91 Å². The summed E-state index contributed by atoms with van der Waals surface area (Å²) >= 11 is 7.19. The lowest BCUT2D eigenvalue weighted by Gasteiger charge is -2.35. The molecule has 0 atom stereocenters. The van der Waals surface area contributed by atoms with Crippen molar-refractivity contribution >= 4 is 62.2 Å². The number of carboxylic acid groups (broad SMARTS) is 1. The Morgan fingerprint density at radius 1 is 0.836 bits per heavy atom. The minimum Gasteiger partial charge on any atom is -0.493 e. The molecule has 67 heavy (non-hydrogen) atoms. The summed E-state index contributed by atoms with van der Waals surface area (Å²) in [6, 6.07) is 23.2. The maximum absolute atomic E-state index is 14.6. The third-order valence-electron chi connectivity index (χ3n) is 11.9. The largest absolute Gasteiger partial charge is 0.493 e. The lowest BCUT2D eigenvalue weighted by atomic mass is 9.98. The number of carboxylic acids is 1. The zero-order valence-corrected chi connectivity index (χ0v) is 41.5. The third-order valence-corrected chi connectivity index (χ3v) is 12.3. The van der Waals surface area contributed by atoms with Crippen LogP contribution in [0.25, 0.3) is 43.8 Å². The summed E-state index contributed by atoms with van der Waals surface area (Å²) in [6.07, 6.45) is 1.84. The van der Waals surface area contributed by atoms with Gasteiger partial charge >= 0.3 is 11.9 Å². The maximum Gasteiger partial charge on any atom is 0.355 e. The first kappa shape index (κ1) is 50.2. The topological polar surface area (TPSA) is 148 Å². The van der Waals surface area contributed by atoms with E-state index in [9.17, 15) is 19.5 Å².